The number of aromatic carboxylic acids is 1. The maximum atomic E-state index is 10.8. The van der Waals surface area contributed by atoms with Crippen molar-refractivity contribution >= 4 is 21.9 Å². The molecule has 2 aromatic rings. The number of halogens is 1. The first kappa shape index (κ1) is 9.78. The van der Waals surface area contributed by atoms with Crippen molar-refractivity contribution in [2.45, 2.75) is 0 Å². The van der Waals surface area contributed by atoms with E-state index in [0.29, 0.717) is 4.47 Å². The number of carboxylic acid groups (broad SMARTS) is 1. The third-order valence-corrected chi connectivity index (χ3v) is 2.03. The number of aromatic nitrogens is 3. The minimum Gasteiger partial charge on any atom is -0.477 e. The monoisotopic (exact) mass is 269 g/mol. The van der Waals surface area contributed by atoms with Crippen molar-refractivity contribution in [3.05, 3.63) is 28.6 Å². The summed E-state index contributed by atoms with van der Waals surface area (Å²) in [7, 11) is 0. The standard InChI is InChI=1S/C8H4BrN3O3/c9-4-1-10-7(11-2-4)6-5(8(13)14)3-12-15-6/h1-3H,(H,13,14). The van der Waals surface area contributed by atoms with Gasteiger partial charge in [0, 0.05) is 12.4 Å². The predicted molar refractivity (Wildman–Crippen MR) is 52.2 cm³/mol. The molecular weight excluding hydrogens is 266 g/mol. The molecule has 2 rings (SSSR count). The molecule has 76 valence electrons. The highest BCUT2D eigenvalue weighted by Crippen LogP contribution is 2.20. The molecule has 0 aliphatic rings. The van der Waals surface area contributed by atoms with Crippen LogP contribution >= 0.6 is 15.9 Å². The first-order chi connectivity index (χ1) is 7.18. The molecule has 0 atom stereocenters. The molecule has 0 amide bonds. The van der Waals surface area contributed by atoms with Gasteiger partial charge in [0.15, 0.2) is 5.82 Å². The molecule has 0 radical (unpaired) electrons. The number of rotatable bonds is 2. The van der Waals surface area contributed by atoms with E-state index in [-0.39, 0.29) is 17.1 Å². The van der Waals surface area contributed by atoms with Crippen molar-refractivity contribution in [1.82, 2.24) is 15.1 Å². The quantitative estimate of drug-likeness (QED) is 0.891. The van der Waals surface area contributed by atoms with Gasteiger partial charge in [-0.3, -0.25) is 0 Å². The van der Waals surface area contributed by atoms with Gasteiger partial charge in [0.1, 0.15) is 5.56 Å². The lowest BCUT2D eigenvalue weighted by Gasteiger charge is -1.95. The van der Waals surface area contributed by atoms with Crippen LogP contribution in [0.15, 0.2) is 27.6 Å². The number of hydrogen-bond donors (Lipinski definition) is 1. The molecular formula is C8H4BrN3O3. The molecule has 0 saturated heterocycles. The van der Waals surface area contributed by atoms with Gasteiger partial charge < -0.3 is 9.63 Å². The average Bonchev–Trinajstić information content (AvgIpc) is 2.67. The van der Waals surface area contributed by atoms with E-state index in [1.165, 1.54) is 12.4 Å². The molecule has 0 unspecified atom stereocenters. The minimum atomic E-state index is -1.13. The van der Waals surface area contributed by atoms with Gasteiger partial charge in [0.2, 0.25) is 5.76 Å². The first-order valence-electron chi connectivity index (χ1n) is 3.84. The van der Waals surface area contributed by atoms with Crippen molar-refractivity contribution in [3.63, 3.8) is 0 Å². The summed E-state index contributed by atoms with van der Waals surface area (Å²) in [4.78, 5) is 18.6. The van der Waals surface area contributed by atoms with Crippen molar-refractivity contribution in [3.8, 4) is 11.6 Å². The summed E-state index contributed by atoms with van der Waals surface area (Å²) in [5, 5.41) is 12.2. The zero-order valence-corrected chi connectivity index (χ0v) is 8.80. The Bertz CT molecular complexity index is 494. The van der Waals surface area contributed by atoms with Crippen LogP contribution in [-0.2, 0) is 0 Å². The van der Waals surface area contributed by atoms with Crippen LogP contribution in [0.1, 0.15) is 10.4 Å². The Hall–Kier alpha value is -1.76. The number of hydrogen-bond acceptors (Lipinski definition) is 5. The molecule has 2 aromatic heterocycles. The molecule has 0 saturated carbocycles. The zero-order chi connectivity index (χ0) is 10.8. The van der Waals surface area contributed by atoms with Gasteiger partial charge >= 0.3 is 5.97 Å². The van der Waals surface area contributed by atoms with E-state index in [1.54, 1.807) is 0 Å². The van der Waals surface area contributed by atoms with Crippen molar-refractivity contribution < 1.29 is 14.4 Å². The van der Waals surface area contributed by atoms with E-state index in [0.717, 1.165) is 6.20 Å². The molecule has 1 N–H and O–H groups in total. The van der Waals surface area contributed by atoms with E-state index >= 15 is 0 Å². The van der Waals surface area contributed by atoms with Crippen LogP contribution in [0.5, 0.6) is 0 Å². The van der Waals surface area contributed by atoms with Gasteiger partial charge in [-0.05, 0) is 15.9 Å². The molecule has 0 bridgehead atoms. The average molecular weight is 270 g/mol. The van der Waals surface area contributed by atoms with Crippen molar-refractivity contribution in [1.29, 1.82) is 0 Å². The van der Waals surface area contributed by atoms with E-state index in [4.69, 9.17) is 9.63 Å². The highest BCUT2D eigenvalue weighted by molar-refractivity contribution is 9.10. The van der Waals surface area contributed by atoms with Gasteiger partial charge in [-0.1, -0.05) is 5.16 Å². The Morgan fingerprint density at radius 1 is 1.33 bits per heavy atom. The summed E-state index contributed by atoms with van der Waals surface area (Å²) in [5.41, 5.74) is -0.0580. The molecule has 0 fully saturated rings. The second-order valence-electron chi connectivity index (χ2n) is 2.60. The molecule has 0 aliphatic heterocycles. The van der Waals surface area contributed by atoms with Gasteiger partial charge in [-0.25, -0.2) is 14.8 Å². The van der Waals surface area contributed by atoms with Gasteiger partial charge in [0.05, 0.1) is 10.7 Å². The normalized spacial score (nSPS) is 10.2. The molecule has 7 heteroatoms. The second-order valence-corrected chi connectivity index (χ2v) is 3.51. The van der Waals surface area contributed by atoms with E-state index in [1.807, 2.05) is 0 Å². The fourth-order valence-electron chi connectivity index (χ4n) is 0.983. The largest absolute Gasteiger partial charge is 0.477 e. The predicted octanol–water partition coefficient (Wildman–Crippen LogP) is 1.59. The Kier molecular flexibility index (Phi) is 2.46. The first-order valence-corrected chi connectivity index (χ1v) is 4.63. The lowest BCUT2D eigenvalue weighted by atomic mass is 10.2. The third kappa shape index (κ3) is 1.86. The highest BCUT2D eigenvalue weighted by atomic mass is 79.9. The Morgan fingerprint density at radius 2 is 2.00 bits per heavy atom. The van der Waals surface area contributed by atoms with Gasteiger partial charge in [0.25, 0.3) is 0 Å². The SMILES string of the molecule is O=C(O)c1cnoc1-c1ncc(Br)cn1. The van der Waals surface area contributed by atoms with E-state index in [9.17, 15) is 4.79 Å². The molecule has 0 spiro atoms. The van der Waals surface area contributed by atoms with Crippen LogP contribution < -0.4 is 0 Å². The third-order valence-electron chi connectivity index (χ3n) is 1.62. The summed E-state index contributed by atoms with van der Waals surface area (Å²) >= 11 is 3.17. The topological polar surface area (TPSA) is 89.1 Å². The summed E-state index contributed by atoms with van der Waals surface area (Å²) in [6.45, 7) is 0. The summed E-state index contributed by atoms with van der Waals surface area (Å²) in [6.07, 6.45) is 4.11. The molecule has 0 aliphatic carbocycles. The summed E-state index contributed by atoms with van der Waals surface area (Å²) in [6, 6.07) is 0. The minimum absolute atomic E-state index is 0.0509. The number of carboxylic acids is 1. The van der Waals surface area contributed by atoms with E-state index < -0.39 is 5.97 Å². The Balaban J connectivity index is 2.49. The lowest BCUT2D eigenvalue weighted by Crippen LogP contribution is -1.98. The van der Waals surface area contributed by atoms with Crippen LogP contribution in [-0.4, -0.2) is 26.2 Å². The zero-order valence-electron chi connectivity index (χ0n) is 7.22. The van der Waals surface area contributed by atoms with Crippen LogP contribution in [0.25, 0.3) is 11.6 Å². The molecule has 6 nitrogen and oxygen atoms in total. The van der Waals surface area contributed by atoms with Crippen LogP contribution in [0, 0.1) is 0 Å². The number of nitrogens with zero attached hydrogens (tertiary/aromatic N) is 3. The van der Waals surface area contributed by atoms with Crippen LogP contribution in [0.2, 0.25) is 0 Å². The maximum absolute atomic E-state index is 10.8. The Labute approximate surface area is 92.1 Å². The smallest absolute Gasteiger partial charge is 0.341 e. The van der Waals surface area contributed by atoms with Crippen LogP contribution in [0.4, 0.5) is 0 Å². The second kappa shape index (κ2) is 3.77. The maximum Gasteiger partial charge on any atom is 0.341 e. The fourth-order valence-corrected chi connectivity index (χ4v) is 1.19. The van der Waals surface area contributed by atoms with Crippen LogP contribution in [0.3, 0.4) is 0 Å². The van der Waals surface area contributed by atoms with Gasteiger partial charge in [-0.2, -0.15) is 0 Å². The summed E-state index contributed by atoms with van der Waals surface area (Å²) in [5.74, 6) is -0.888. The molecule has 2 heterocycles. The molecule has 0 aromatic carbocycles. The molecule has 15 heavy (non-hydrogen) atoms. The number of carbonyl (C=O) groups is 1. The van der Waals surface area contributed by atoms with Crippen molar-refractivity contribution in [2.24, 2.45) is 0 Å². The summed E-state index contributed by atoms with van der Waals surface area (Å²) < 4.78 is 5.48. The highest BCUT2D eigenvalue weighted by Gasteiger charge is 2.18. The Morgan fingerprint density at radius 3 is 2.60 bits per heavy atom. The lowest BCUT2D eigenvalue weighted by molar-refractivity contribution is 0.0697. The fraction of sp³-hybridized carbons (Fsp3) is 0. The van der Waals surface area contributed by atoms with Gasteiger partial charge in [-0.15, -0.1) is 0 Å². The van der Waals surface area contributed by atoms with Crippen molar-refractivity contribution in [2.75, 3.05) is 0 Å². The van der Waals surface area contributed by atoms with E-state index in [2.05, 4.69) is 31.1 Å².